The average Bonchev–Trinajstić information content (AvgIpc) is 2.48. The summed E-state index contributed by atoms with van der Waals surface area (Å²) >= 11 is 5.03. The fraction of sp³-hybridized carbons (Fsp3) is 0.583. The van der Waals surface area contributed by atoms with Gasteiger partial charge >= 0.3 is 0 Å². The van der Waals surface area contributed by atoms with Gasteiger partial charge in [-0.25, -0.2) is 0 Å². The molecule has 0 heterocycles. The Hall–Kier alpha value is -0.430. The van der Waals surface area contributed by atoms with Gasteiger partial charge in [0, 0.05) is 5.92 Å². The van der Waals surface area contributed by atoms with Crippen LogP contribution in [0, 0.1) is 5.92 Å². The molecule has 0 aromatic heterocycles. The van der Waals surface area contributed by atoms with E-state index in [9.17, 15) is 0 Å². The molecule has 72 valence electrons. The van der Waals surface area contributed by atoms with Gasteiger partial charge in [-0.15, -0.1) is 0 Å². The standard InChI is InChI=1S/C12H18S/c1-3-4-5-6-12-10(2)7-8-11(12)9-13/h5-6,9,11H,3-4,7-8H2,1-2H3. The van der Waals surface area contributed by atoms with Crippen LogP contribution < -0.4 is 0 Å². The summed E-state index contributed by atoms with van der Waals surface area (Å²) in [5.74, 6) is 0.545. The highest BCUT2D eigenvalue weighted by molar-refractivity contribution is 7.79. The van der Waals surface area contributed by atoms with Gasteiger partial charge in [-0.3, -0.25) is 0 Å². The summed E-state index contributed by atoms with van der Waals surface area (Å²) in [7, 11) is 0. The lowest BCUT2D eigenvalue weighted by Gasteiger charge is -2.04. The van der Waals surface area contributed by atoms with E-state index in [2.05, 4.69) is 26.0 Å². The van der Waals surface area contributed by atoms with Crippen LogP contribution >= 0.6 is 12.2 Å². The van der Waals surface area contributed by atoms with Gasteiger partial charge in [0.1, 0.15) is 0 Å². The number of unbranched alkanes of at least 4 members (excludes halogenated alkanes) is 1. The largest absolute Gasteiger partial charge is 0.0928 e. The smallest absolute Gasteiger partial charge is 0.0125 e. The third-order valence-electron chi connectivity index (χ3n) is 2.64. The summed E-state index contributed by atoms with van der Waals surface area (Å²) < 4.78 is 0. The van der Waals surface area contributed by atoms with E-state index in [0.29, 0.717) is 5.92 Å². The van der Waals surface area contributed by atoms with Crippen LogP contribution in [0.4, 0.5) is 0 Å². The van der Waals surface area contributed by atoms with E-state index in [0.717, 1.165) is 0 Å². The second-order valence-electron chi connectivity index (χ2n) is 3.71. The van der Waals surface area contributed by atoms with Crippen LogP contribution in [0.25, 0.3) is 0 Å². The Morgan fingerprint density at radius 3 is 2.92 bits per heavy atom. The molecular weight excluding hydrogens is 176 g/mol. The molecule has 0 N–H and O–H groups in total. The maximum atomic E-state index is 5.03. The highest BCUT2D eigenvalue weighted by Crippen LogP contribution is 2.31. The Balaban J connectivity index is 2.64. The van der Waals surface area contributed by atoms with Crippen LogP contribution in [0.3, 0.4) is 0 Å². The van der Waals surface area contributed by atoms with Gasteiger partial charge in [0.25, 0.3) is 0 Å². The first-order valence-corrected chi connectivity index (χ1v) is 5.58. The van der Waals surface area contributed by atoms with E-state index >= 15 is 0 Å². The molecule has 1 rings (SSSR count). The van der Waals surface area contributed by atoms with Crippen molar-refractivity contribution in [3.05, 3.63) is 23.3 Å². The average molecular weight is 194 g/mol. The lowest BCUT2D eigenvalue weighted by Crippen LogP contribution is -1.96. The lowest BCUT2D eigenvalue weighted by atomic mass is 10.0. The number of hydrogen-bond acceptors (Lipinski definition) is 1. The molecule has 1 aliphatic rings. The van der Waals surface area contributed by atoms with Gasteiger partial charge in [-0.2, -0.15) is 0 Å². The third-order valence-corrected chi connectivity index (χ3v) is 2.97. The Labute approximate surface area is 86.7 Å². The normalized spacial score (nSPS) is 23.1. The molecule has 1 unspecified atom stereocenters. The second kappa shape index (κ2) is 5.33. The zero-order valence-corrected chi connectivity index (χ0v) is 9.36. The van der Waals surface area contributed by atoms with Gasteiger partial charge in [0.05, 0.1) is 0 Å². The maximum absolute atomic E-state index is 5.03. The quantitative estimate of drug-likeness (QED) is 0.608. The maximum Gasteiger partial charge on any atom is 0.0125 e. The van der Waals surface area contributed by atoms with Crippen molar-refractivity contribution < 1.29 is 0 Å². The molecule has 1 atom stereocenters. The molecule has 0 saturated carbocycles. The zero-order valence-electron chi connectivity index (χ0n) is 8.55. The number of thiocarbonyl (C=S) groups is 1. The fourth-order valence-electron chi connectivity index (χ4n) is 1.77. The second-order valence-corrected chi connectivity index (χ2v) is 3.98. The first kappa shape index (κ1) is 10.6. The Morgan fingerprint density at radius 1 is 1.54 bits per heavy atom. The topological polar surface area (TPSA) is 0 Å². The summed E-state index contributed by atoms with van der Waals surface area (Å²) in [4.78, 5) is 0. The molecule has 0 amide bonds. The summed E-state index contributed by atoms with van der Waals surface area (Å²) in [5, 5.41) is 1.92. The molecule has 0 spiro atoms. The van der Waals surface area contributed by atoms with Crippen molar-refractivity contribution in [2.75, 3.05) is 0 Å². The Morgan fingerprint density at radius 2 is 2.31 bits per heavy atom. The van der Waals surface area contributed by atoms with E-state index in [1.807, 2.05) is 5.37 Å². The fourth-order valence-corrected chi connectivity index (χ4v) is 2.06. The highest BCUT2D eigenvalue weighted by Gasteiger charge is 2.18. The molecule has 0 saturated heterocycles. The van der Waals surface area contributed by atoms with E-state index < -0.39 is 0 Å². The van der Waals surface area contributed by atoms with E-state index in [1.165, 1.54) is 36.8 Å². The molecule has 1 aliphatic carbocycles. The van der Waals surface area contributed by atoms with Crippen LogP contribution in [-0.4, -0.2) is 5.37 Å². The summed E-state index contributed by atoms with van der Waals surface area (Å²) in [6.45, 7) is 4.43. The summed E-state index contributed by atoms with van der Waals surface area (Å²) in [6.07, 6.45) is 9.41. The van der Waals surface area contributed by atoms with Crippen LogP contribution in [0.1, 0.15) is 39.5 Å². The molecule has 0 aliphatic heterocycles. The Bertz CT molecular complexity index is 236. The number of allylic oxidation sites excluding steroid dienone is 4. The van der Waals surface area contributed by atoms with Crippen molar-refractivity contribution in [1.82, 2.24) is 0 Å². The minimum Gasteiger partial charge on any atom is -0.0928 e. The van der Waals surface area contributed by atoms with Gasteiger partial charge in [-0.05, 0) is 37.1 Å². The predicted octanol–water partition coefficient (Wildman–Crippen LogP) is 4.07. The van der Waals surface area contributed by atoms with Crippen LogP contribution in [-0.2, 0) is 0 Å². The van der Waals surface area contributed by atoms with Crippen molar-refractivity contribution in [2.24, 2.45) is 5.92 Å². The van der Waals surface area contributed by atoms with Crippen molar-refractivity contribution >= 4 is 17.6 Å². The van der Waals surface area contributed by atoms with Crippen LogP contribution in [0.2, 0.25) is 0 Å². The SMILES string of the molecule is CCCC=CC1=C(C)CCC1C=S. The molecule has 0 bridgehead atoms. The molecule has 0 fully saturated rings. The van der Waals surface area contributed by atoms with Crippen molar-refractivity contribution in [2.45, 2.75) is 39.5 Å². The van der Waals surface area contributed by atoms with E-state index in [1.54, 1.807) is 0 Å². The third kappa shape index (κ3) is 2.77. The van der Waals surface area contributed by atoms with Crippen LogP contribution in [0.15, 0.2) is 23.3 Å². The molecule has 0 aromatic rings. The lowest BCUT2D eigenvalue weighted by molar-refractivity contribution is 0.805. The molecule has 0 nitrogen and oxygen atoms in total. The monoisotopic (exact) mass is 194 g/mol. The van der Waals surface area contributed by atoms with Crippen molar-refractivity contribution in [3.8, 4) is 0 Å². The predicted molar refractivity (Wildman–Crippen MR) is 63.1 cm³/mol. The van der Waals surface area contributed by atoms with Crippen LogP contribution in [0.5, 0.6) is 0 Å². The summed E-state index contributed by atoms with van der Waals surface area (Å²) in [6, 6.07) is 0. The Kier molecular flexibility index (Phi) is 4.37. The van der Waals surface area contributed by atoms with Gasteiger partial charge in [-0.1, -0.05) is 43.3 Å². The minimum atomic E-state index is 0.545. The molecular formula is C12H18S. The first-order valence-electron chi connectivity index (χ1n) is 5.11. The van der Waals surface area contributed by atoms with Crippen molar-refractivity contribution in [3.63, 3.8) is 0 Å². The number of hydrogen-bond donors (Lipinski definition) is 0. The molecule has 13 heavy (non-hydrogen) atoms. The van der Waals surface area contributed by atoms with E-state index in [-0.39, 0.29) is 0 Å². The van der Waals surface area contributed by atoms with Gasteiger partial charge in [0.2, 0.25) is 0 Å². The van der Waals surface area contributed by atoms with Crippen molar-refractivity contribution in [1.29, 1.82) is 0 Å². The first-order chi connectivity index (χ1) is 6.29. The molecule has 0 radical (unpaired) electrons. The van der Waals surface area contributed by atoms with Gasteiger partial charge in [0.15, 0.2) is 0 Å². The number of rotatable bonds is 4. The highest BCUT2D eigenvalue weighted by atomic mass is 32.1. The molecule has 0 aromatic carbocycles. The van der Waals surface area contributed by atoms with E-state index in [4.69, 9.17) is 12.2 Å². The van der Waals surface area contributed by atoms with Gasteiger partial charge < -0.3 is 0 Å². The zero-order chi connectivity index (χ0) is 9.68. The molecule has 1 heteroatoms. The minimum absolute atomic E-state index is 0.545. The summed E-state index contributed by atoms with van der Waals surface area (Å²) in [5.41, 5.74) is 3.00.